The molecule has 10 heteroatoms. The van der Waals surface area contributed by atoms with Gasteiger partial charge >= 0.3 is 0 Å². The zero-order chi connectivity index (χ0) is 43.1. The van der Waals surface area contributed by atoms with E-state index in [-0.39, 0.29) is 35.2 Å². The molecule has 2 saturated heterocycles. The summed E-state index contributed by atoms with van der Waals surface area (Å²) in [4.78, 5) is 69.2. The molecular formula is C52H50N4O6. The summed E-state index contributed by atoms with van der Waals surface area (Å²) in [6, 6.07) is 35.7. The summed E-state index contributed by atoms with van der Waals surface area (Å²) in [7, 11) is 10.9. The number of ether oxygens (including phenoxy) is 2. The molecule has 10 nitrogen and oxygen atoms in total. The third-order valence-electron chi connectivity index (χ3n) is 16.3. The average molecular weight is 827 g/mol. The lowest BCUT2D eigenvalue weighted by atomic mass is 9.53. The van der Waals surface area contributed by atoms with Gasteiger partial charge < -0.3 is 19.3 Å². The summed E-state index contributed by atoms with van der Waals surface area (Å²) in [5.74, 6) is 0.491. The van der Waals surface area contributed by atoms with E-state index in [9.17, 15) is 0 Å². The van der Waals surface area contributed by atoms with Crippen LogP contribution >= 0.6 is 0 Å². The molecule has 2 aliphatic carbocycles. The van der Waals surface area contributed by atoms with E-state index < -0.39 is 21.9 Å². The molecule has 0 aromatic heterocycles. The molecule has 0 saturated carbocycles. The fraction of sp³-hybridized carbons (Fsp3) is 0.346. The van der Waals surface area contributed by atoms with Crippen molar-refractivity contribution in [3.63, 3.8) is 0 Å². The van der Waals surface area contributed by atoms with Gasteiger partial charge in [0, 0.05) is 72.6 Å². The van der Waals surface area contributed by atoms with Gasteiger partial charge in [0.25, 0.3) is 11.8 Å². The van der Waals surface area contributed by atoms with Crippen LogP contribution < -0.4 is 19.3 Å². The van der Waals surface area contributed by atoms with Crippen molar-refractivity contribution in [1.82, 2.24) is 9.80 Å². The number of nitrogens with zero attached hydrogens (tertiary/aromatic N) is 4. The monoisotopic (exact) mass is 826 g/mol. The number of benzene rings is 5. The molecule has 4 heterocycles. The molecule has 4 aliphatic heterocycles. The Morgan fingerprint density at radius 1 is 0.516 bits per heavy atom. The molecule has 314 valence electrons. The van der Waals surface area contributed by atoms with E-state index in [1.165, 1.54) is 0 Å². The Labute approximate surface area is 362 Å². The Hall–Kier alpha value is -6.10. The summed E-state index contributed by atoms with van der Waals surface area (Å²) in [6.45, 7) is 0.972. The van der Waals surface area contributed by atoms with Crippen LogP contribution in [-0.2, 0) is 33.5 Å². The molecular weight excluding hydrogens is 777 g/mol. The van der Waals surface area contributed by atoms with Crippen molar-refractivity contribution in [2.24, 2.45) is 10.8 Å². The second-order valence-electron chi connectivity index (χ2n) is 18.4. The predicted molar refractivity (Wildman–Crippen MR) is 236 cm³/mol. The summed E-state index contributed by atoms with van der Waals surface area (Å²) in [5, 5.41) is 0. The maximum absolute atomic E-state index is 15.7. The summed E-state index contributed by atoms with van der Waals surface area (Å²) in [5.41, 5.74) is 3.72. The van der Waals surface area contributed by atoms with Gasteiger partial charge in [-0.1, -0.05) is 60.7 Å². The zero-order valence-electron chi connectivity index (χ0n) is 36.0. The maximum Gasteiger partial charge on any atom is 0.253 e. The number of methoxy groups -OCH3 is 2. The number of anilines is 2. The molecule has 0 N–H and O–H groups in total. The van der Waals surface area contributed by atoms with Crippen molar-refractivity contribution >= 4 is 34.8 Å². The predicted octanol–water partition coefficient (Wildman–Crippen LogP) is 7.14. The second-order valence-corrected chi connectivity index (χ2v) is 18.4. The van der Waals surface area contributed by atoms with Crippen LogP contribution in [0, 0.1) is 10.8 Å². The van der Waals surface area contributed by atoms with Crippen LogP contribution in [-0.4, -0.2) is 88.7 Å². The van der Waals surface area contributed by atoms with E-state index in [0.717, 1.165) is 44.8 Å². The third-order valence-corrected chi connectivity index (χ3v) is 16.3. The minimum absolute atomic E-state index is 0.0257. The van der Waals surface area contributed by atoms with Gasteiger partial charge in [-0.15, -0.1) is 0 Å². The number of likely N-dealkylation sites (tertiary alicyclic amines) is 2. The van der Waals surface area contributed by atoms with Crippen LogP contribution in [0.4, 0.5) is 11.4 Å². The summed E-state index contributed by atoms with van der Waals surface area (Å²) in [6.07, 6.45) is 2.17. The SMILES string of the molecule is COc1ccc2c(c1)CC[C@]1(C2=O)[C@H](c2ccc([C@H]3CN(C)[C@@]4(C(=O)N(C)c5ccccc54)[C@@]34CCc3cc(OC)ccc3C4=O)cc2)CN(C)[C@]12C(=O)N(C)c1ccccc12. The number of fused-ring (bicyclic) bond motifs is 8. The summed E-state index contributed by atoms with van der Waals surface area (Å²) >= 11 is 0. The van der Waals surface area contributed by atoms with Crippen LogP contribution in [0.25, 0.3) is 0 Å². The molecule has 5 aromatic rings. The molecule has 2 fully saturated rings. The highest BCUT2D eigenvalue weighted by Crippen LogP contribution is 2.69. The number of rotatable bonds is 4. The molecule has 5 aromatic carbocycles. The van der Waals surface area contributed by atoms with Crippen LogP contribution in [0.5, 0.6) is 11.5 Å². The first kappa shape index (κ1) is 38.8. The lowest BCUT2D eigenvalue weighted by molar-refractivity contribution is -0.133. The number of para-hydroxylation sites is 2. The molecule has 0 bridgehead atoms. The Balaban J connectivity index is 1.07. The topological polar surface area (TPSA) is 99.7 Å². The van der Waals surface area contributed by atoms with E-state index >= 15 is 19.2 Å². The first-order valence-corrected chi connectivity index (χ1v) is 21.6. The third kappa shape index (κ3) is 4.36. The number of Topliss-reactive ketones (excluding diaryl/α,β-unsaturated/α-hetero) is 2. The van der Waals surface area contributed by atoms with E-state index in [2.05, 4.69) is 34.1 Å². The first-order chi connectivity index (χ1) is 29.9. The van der Waals surface area contributed by atoms with Gasteiger partial charge in [-0.3, -0.25) is 29.0 Å². The molecule has 6 aliphatic rings. The number of carbonyl (C=O) groups excluding carboxylic acids is 4. The number of amides is 2. The summed E-state index contributed by atoms with van der Waals surface area (Å²) < 4.78 is 11.1. The number of ketones is 2. The fourth-order valence-corrected chi connectivity index (χ4v) is 13.7. The molecule has 11 rings (SSSR count). The van der Waals surface area contributed by atoms with Gasteiger partial charge in [0.05, 0.1) is 25.0 Å². The lowest BCUT2D eigenvalue weighted by Gasteiger charge is -2.49. The van der Waals surface area contributed by atoms with E-state index in [0.29, 0.717) is 61.4 Å². The van der Waals surface area contributed by atoms with Gasteiger partial charge in [0.2, 0.25) is 0 Å². The molecule has 0 unspecified atom stereocenters. The largest absolute Gasteiger partial charge is 0.497 e. The molecule has 2 amide bonds. The van der Waals surface area contributed by atoms with Crippen molar-refractivity contribution in [2.45, 2.75) is 48.6 Å². The Morgan fingerprint density at radius 3 is 1.29 bits per heavy atom. The van der Waals surface area contributed by atoms with Gasteiger partial charge in [-0.25, -0.2) is 0 Å². The Morgan fingerprint density at radius 2 is 0.903 bits per heavy atom. The highest BCUT2D eigenvalue weighted by atomic mass is 16.5. The quantitative estimate of drug-likeness (QED) is 0.189. The van der Waals surface area contributed by atoms with Gasteiger partial charge in [0.15, 0.2) is 11.6 Å². The van der Waals surface area contributed by atoms with E-state index in [1.807, 2.05) is 113 Å². The number of aryl methyl sites for hydroxylation is 2. The van der Waals surface area contributed by atoms with Crippen molar-refractivity contribution in [3.05, 3.63) is 154 Å². The maximum atomic E-state index is 15.7. The Bertz CT molecular complexity index is 2600. The fourth-order valence-electron chi connectivity index (χ4n) is 13.7. The number of hydrogen-bond donors (Lipinski definition) is 0. The highest BCUT2D eigenvalue weighted by Gasteiger charge is 2.76. The van der Waals surface area contributed by atoms with Crippen molar-refractivity contribution < 1.29 is 28.7 Å². The van der Waals surface area contributed by atoms with Crippen molar-refractivity contribution in [3.8, 4) is 11.5 Å². The van der Waals surface area contributed by atoms with Crippen LogP contribution in [0.2, 0.25) is 0 Å². The number of likely N-dealkylation sites (N-methyl/N-ethyl adjacent to an activating group) is 4. The normalized spacial score (nSPS) is 29.9. The van der Waals surface area contributed by atoms with E-state index in [4.69, 9.17) is 9.47 Å². The lowest BCUT2D eigenvalue weighted by Crippen LogP contribution is -2.61. The van der Waals surface area contributed by atoms with Crippen LogP contribution in [0.3, 0.4) is 0 Å². The van der Waals surface area contributed by atoms with E-state index in [1.54, 1.807) is 24.0 Å². The minimum atomic E-state index is -1.23. The van der Waals surface area contributed by atoms with Gasteiger partial charge in [-0.05, 0) is 111 Å². The first-order valence-electron chi connectivity index (χ1n) is 21.6. The molecule has 62 heavy (non-hydrogen) atoms. The van der Waals surface area contributed by atoms with Gasteiger partial charge in [0.1, 0.15) is 22.6 Å². The Kier molecular flexibility index (Phi) is 8.26. The second kappa shape index (κ2) is 13.2. The average Bonchev–Trinajstić information content (AvgIpc) is 3.90. The number of carbonyl (C=O) groups is 4. The van der Waals surface area contributed by atoms with Gasteiger partial charge in [-0.2, -0.15) is 0 Å². The standard InChI is InChI=1S/C52H50N4O6/c1-53-29-41(49(25-23-33-27-35(61-5)19-21-37(33)45(49)57)51(53)39-11-7-9-13-43(39)55(3)47(51)59)31-15-17-32(18-16-31)42-30-54(2)52(40-12-8-10-14-44(40)56(4)48(52)60)50(42)26-24-34-28-36(62-6)20-22-38(34)46(50)58/h7-22,27-28,41-42H,23-26,29-30H2,1-6H3/t41-,42+,49+,50-,51+,52-. The molecule has 6 atom stereocenters. The smallest absolute Gasteiger partial charge is 0.253 e. The van der Waals surface area contributed by atoms with Crippen LogP contribution in [0.1, 0.15) is 78.8 Å². The van der Waals surface area contributed by atoms with Crippen molar-refractivity contribution in [2.75, 3.05) is 65.3 Å². The zero-order valence-corrected chi connectivity index (χ0v) is 36.0. The van der Waals surface area contributed by atoms with Crippen LogP contribution in [0.15, 0.2) is 109 Å². The van der Waals surface area contributed by atoms with Crippen molar-refractivity contribution in [1.29, 1.82) is 0 Å². The molecule has 4 spiro atoms. The minimum Gasteiger partial charge on any atom is -0.497 e. The highest BCUT2D eigenvalue weighted by molar-refractivity contribution is 6.17. The number of hydrogen-bond acceptors (Lipinski definition) is 8. The molecule has 0 radical (unpaired) electrons.